The van der Waals surface area contributed by atoms with Gasteiger partial charge in [0.25, 0.3) is 0 Å². The Morgan fingerprint density at radius 1 is 1.06 bits per heavy atom. The molecule has 1 N–H and O–H groups in total. The zero-order chi connectivity index (χ0) is 13.0. The standard InChI is InChI=1S/C16H24IN/c1-12(14-6-4-3-5-7-14)18-13(2)15-8-10-16(17)11-9-15/h8-14,18H,3-7H2,1-2H3. The van der Waals surface area contributed by atoms with Crippen molar-refractivity contribution in [3.8, 4) is 0 Å². The summed E-state index contributed by atoms with van der Waals surface area (Å²) in [5.74, 6) is 0.880. The summed E-state index contributed by atoms with van der Waals surface area (Å²) in [7, 11) is 0. The van der Waals surface area contributed by atoms with Crippen LogP contribution < -0.4 is 5.32 Å². The molecule has 2 rings (SSSR count). The molecule has 0 aromatic heterocycles. The highest BCUT2D eigenvalue weighted by atomic mass is 127. The molecule has 0 heterocycles. The first kappa shape index (κ1) is 14.3. The minimum atomic E-state index is 0.457. The second-order valence-corrected chi connectivity index (χ2v) is 6.87. The first-order valence-electron chi connectivity index (χ1n) is 7.18. The molecule has 1 aliphatic carbocycles. The molecule has 1 aromatic rings. The minimum absolute atomic E-state index is 0.457. The fraction of sp³-hybridized carbons (Fsp3) is 0.625. The van der Waals surface area contributed by atoms with Crippen molar-refractivity contribution in [1.29, 1.82) is 0 Å². The molecule has 1 saturated carbocycles. The molecule has 1 nitrogen and oxygen atoms in total. The van der Waals surface area contributed by atoms with E-state index in [1.165, 1.54) is 41.2 Å². The van der Waals surface area contributed by atoms with E-state index < -0.39 is 0 Å². The van der Waals surface area contributed by atoms with Crippen molar-refractivity contribution in [2.75, 3.05) is 0 Å². The third-order valence-corrected chi connectivity index (χ3v) is 4.96. The first-order valence-corrected chi connectivity index (χ1v) is 8.26. The lowest BCUT2D eigenvalue weighted by atomic mass is 9.84. The molecular formula is C16H24IN. The fourth-order valence-electron chi connectivity index (χ4n) is 3.01. The molecule has 0 spiro atoms. The summed E-state index contributed by atoms with van der Waals surface area (Å²) < 4.78 is 1.31. The van der Waals surface area contributed by atoms with Gasteiger partial charge in [-0.2, -0.15) is 0 Å². The van der Waals surface area contributed by atoms with Gasteiger partial charge in [-0.1, -0.05) is 31.4 Å². The predicted octanol–water partition coefficient (Wildman–Crippen LogP) is 4.91. The van der Waals surface area contributed by atoms with Crippen molar-refractivity contribution in [3.63, 3.8) is 0 Å². The van der Waals surface area contributed by atoms with E-state index in [0.29, 0.717) is 12.1 Å². The van der Waals surface area contributed by atoms with Crippen LogP contribution in [0.3, 0.4) is 0 Å². The molecule has 0 aliphatic heterocycles. The topological polar surface area (TPSA) is 12.0 Å². The van der Waals surface area contributed by atoms with Gasteiger partial charge >= 0.3 is 0 Å². The normalized spacial score (nSPS) is 20.6. The average molecular weight is 357 g/mol. The molecule has 0 bridgehead atoms. The number of nitrogens with one attached hydrogen (secondary N) is 1. The summed E-state index contributed by atoms with van der Waals surface area (Å²) in [5, 5.41) is 3.78. The Balaban J connectivity index is 1.89. The number of halogens is 1. The molecule has 2 unspecified atom stereocenters. The summed E-state index contributed by atoms with van der Waals surface area (Å²) >= 11 is 2.36. The average Bonchev–Trinajstić information content (AvgIpc) is 2.40. The van der Waals surface area contributed by atoms with Gasteiger partial charge in [-0.3, -0.25) is 0 Å². The molecular weight excluding hydrogens is 333 g/mol. The van der Waals surface area contributed by atoms with Crippen LogP contribution in [0.4, 0.5) is 0 Å². The quantitative estimate of drug-likeness (QED) is 0.755. The van der Waals surface area contributed by atoms with Crippen LogP contribution in [-0.4, -0.2) is 6.04 Å². The van der Waals surface area contributed by atoms with Crippen molar-refractivity contribution in [2.45, 2.75) is 58.0 Å². The van der Waals surface area contributed by atoms with Gasteiger partial charge < -0.3 is 5.32 Å². The maximum absolute atomic E-state index is 3.78. The third kappa shape index (κ3) is 3.95. The largest absolute Gasteiger partial charge is 0.307 e. The molecule has 100 valence electrons. The van der Waals surface area contributed by atoms with Crippen LogP contribution in [0.2, 0.25) is 0 Å². The molecule has 2 atom stereocenters. The Kier molecular flexibility index (Phi) is 5.49. The van der Waals surface area contributed by atoms with Crippen LogP contribution in [0.15, 0.2) is 24.3 Å². The number of rotatable bonds is 4. The van der Waals surface area contributed by atoms with Crippen LogP contribution in [0.25, 0.3) is 0 Å². The number of hydrogen-bond donors (Lipinski definition) is 1. The van der Waals surface area contributed by atoms with E-state index in [1.807, 2.05) is 0 Å². The van der Waals surface area contributed by atoms with Gasteiger partial charge in [-0.15, -0.1) is 0 Å². The molecule has 0 radical (unpaired) electrons. The Morgan fingerprint density at radius 2 is 1.67 bits per heavy atom. The minimum Gasteiger partial charge on any atom is -0.307 e. The van der Waals surface area contributed by atoms with Crippen molar-refractivity contribution in [3.05, 3.63) is 33.4 Å². The number of hydrogen-bond acceptors (Lipinski definition) is 1. The van der Waals surface area contributed by atoms with Crippen molar-refractivity contribution >= 4 is 22.6 Å². The zero-order valence-corrected chi connectivity index (χ0v) is 13.6. The maximum atomic E-state index is 3.78. The molecule has 0 saturated heterocycles. The van der Waals surface area contributed by atoms with Crippen molar-refractivity contribution in [2.24, 2.45) is 5.92 Å². The predicted molar refractivity (Wildman–Crippen MR) is 86.7 cm³/mol. The summed E-state index contributed by atoms with van der Waals surface area (Å²) in [6, 6.07) is 9.97. The third-order valence-electron chi connectivity index (χ3n) is 4.24. The fourth-order valence-corrected chi connectivity index (χ4v) is 3.37. The van der Waals surface area contributed by atoms with E-state index in [0.717, 1.165) is 5.92 Å². The summed E-state index contributed by atoms with van der Waals surface area (Å²) in [5.41, 5.74) is 1.40. The Hall–Kier alpha value is -0.0900. The molecule has 1 aromatic carbocycles. The van der Waals surface area contributed by atoms with E-state index in [4.69, 9.17) is 0 Å². The Labute approximate surface area is 125 Å². The highest BCUT2D eigenvalue weighted by molar-refractivity contribution is 14.1. The summed E-state index contributed by atoms with van der Waals surface area (Å²) in [6.07, 6.45) is 7.11. The van der Waals surface area contributed by atoms with Crippen LogP contribution in [-0.2, 0) is 0 Å². The van der Waals surface area contributed by atoms with Crippen molar-refractivity contribution < 1.29 is 0 Å². The SMILES string of the molecule is CC(NC(C)C1CCCCC1)c1ccc(I)cc1. The van der Waals surface area contributed by atoms with Crippen molar-refractivity contribution in [1.82, 2.24) is 5.32 Å². The molecule has 0 amide bonds. The molecule has 18 heavy (non-hydrogen) atoms. The second-order valence-electron chi connectivity index (χ2n) is 5.63. The van der Waals surface area contributed by atoms with Crippen LogP contribution in [0.5, 0.6) is 0 Å². The summed E-state index contributed by atoms with van der Waals surface area (Å²) in [4.78, 5) is 0. The van der Waals surface area contributed by atoms with Crippen LogP contribution in [0, 0.1) is 9.49 Å². The van der Waals surface area contributed by atoms with E-state index in [-0.39, 0.29) is 0 Å². The molecule has 2 heteroatoms. The van der Waals surface area contributed by atoms with E-state index in [2.05, 4.69) is 66.0 Å². The monoisotopic (exact) mass is 357 g/mol. The van der Waals surface area contributed by atoms with Gasteiger partial charge in [0, 0.05) is 15.7 Å². The smallest absolute Gasteiger partial charge is 0.0294 e. The van der Waals surface area contributed by atoms with E-state index >= 15 is 0 Å². The Bertz CT molecular complexity index is 354. The van der Waals surface area contributed by atoms with E-state index in [1.54, 1.807) is 0 Å². The first-order chi connectivity index (χ1) is 8.66. The van der Waals surface area contributed by atoms with Crippen LogP contribution in [0.1, 0.15) is 57.6 Å². The lowest BCUT2D eigenvalue weighted by molar-refractivity contribution is 0.268. The highest BCUT2D eigenvalue weighted by Crippen LogP contribution is 2.27. The summed E-state index contributed by atoms with van der Waals surface area (Å²) in [6.45, 7) is 4.64. The zero-order valence-electron chi connectivity index (χ0n) is 11.5. The number of benzene rings is 1. The lowest BCUT2D eigenvalue weighted by Gasteiger charge is -2.30. The maximum Gasteiger partial charge on any atom is 0.0294 e. The van der Waals surface area contributed by atoms with Gasteiger partial charge in [0.2, 0.25) is 0 Å². The van der Waals surface area contributed by atoms with Gasteiger partial charge in [0.05, 0.1) is 0 Å². The van der Waals surface area contributed by atoms with E-state index in [9.17, 15) is 0 Å². The van der Waals surface area contributed by atoms with Gasteiger partial charge in [-0.25, -0.2) is 0 Å². The molecule has 1 fully saturated rings. The molecule has 1 aliphatic rings. The second kappa shape index (κ2) is 6.90. The van der Waals surface area contributed by atoms with Gasteiger partial charge in [0.1, 0.15) is 0 Å². The lowest BCUT2D eigenvalue weighted by Crippen LogP contribution is -2.36. The Morgan fingerprint density at radius 3 is 2.28 bits per heavy atom. The highest BCUT2D eigenvalue weighted by Gasteiger charge is 2.21. The van der Waals surface area contributed by atoms with Gasteiger partial charge in [0.15, 0.2) is 0 Å². The van der Waals surface area contributed by atoms with Crippen LogP contribution >= 0.6 is 22.6 Å². The van der Waals surface area contributed by atoms with Gasteiger partial charge in [-0.05, 0) is 72.9 Å².